The zero-order valence-corrected chi connectivity index (χ0v) is 13.7. The van der Waals surface area contributed by atoms with Crippen molar-refractivity contribution < 1.29 is 0 Å². The third-order valence-electron chi connectivity index (χ3n) is 4.04. The van der Waals surface area contributed by atoms with Gasteiger partial charge >= 0.3 is 0 Å². The van der Waals surface area contributed by atoms with E-state index >= 15 is 0 Å². The quantitative estimate of drug-likeness (QED) is 0.641. The Morgan fingerprint density at radius 3 is 2.23 bits per heavy atom. The highest BCUT2D eigenvalue weighted by Crippen LogP contribution is 2.26. The van der Waals surface area contributed by atoms with Crippen LogP contribution >= 0.6 is 0 Å². The minimum Gasteiger partial charge on any atom is -0.312 e. The molecule has 0 atom stereocenters. The summed E-state index contributed by atoms with van der Waals surface area (Å²) in [5.74, 6) is 0.553. The third kappa shape index (κ3) is 2.69. The first-order valence-corrected chi connectivity index (χ1v) is 7.79. The number of aryl methyl sites for hydroxylation is 2. The molecule has 22 heavy (non-hydrogen) atoms. The summed E-state index contributed by atoms with van der Waals surface area (Å²) in [6.07, 6.45) is 0. The predicted octanol–water partition coefficient (Wildman–Crippen LogP) is 5.28. The average molecular weight is 290 g/mol. The largest absolute Gasteiger partial charge is 0.312 e. The Hall–Kier alpha value is -2.35. The smallest absolute Gasteiger partial charge is 0.0873 e. The maximum absolute atomic E-state index is 4.67. The van der Waals surface area contributed by atoms with E-state index < -0.39 is 0 Å². The molecule has 0 aliphatic heterocycles. The topological polar surface area (TPSA) is 17.8 Å². The van der Waals surface area contributed by atoms with Gasteiger partial charge in [0.25, 0.3) is 0 Å². The second-order valence-electron chi connectivity index (χ2n) is 6.11. The number of aromatic nitrogens is 2. The molecule has 0 amide bonds. The van der Waals surface area contributed by atoms with Gasteiger partial charge in [0.05, 0.1) is 11.4 Å². The fraction of sp³-hybridized carbons (Fsp3) is 0.250. The summed E-state index contributed by atoms with van der Waals surface area (Å²) in [5.41, 5.74) is 6.96. The maximum atomic E-state index is 4.67. The van der Waals surface area contributed by atoms with Crippen molar-refractivity contribution in [1.29, 1.82) is 0 Å². The summed E-state index contributed by atoms with van der Waals surface area (Å²) < 4.78 is 2.27. The summed E-state index contributed by atoms with van der Waals surface area (Å²) in [4.78, 5) is 4.67. The lowest BCUT2D eigenvalue weighted by molar-refractivity contribution is 0.864. The summed E-state index contributed by atoms with van der Waals surface area (Å²) in [6, 6.07) is 19.3. The highest BCUT2D eigenvalue weighted by atomic mass is 15.0. The van der Waals surface area contributed by atoms with Crippen LogP contribution in [0.15, 0.2) is 54.6 Å². The lowest BCUT2D eigenvalue weighted by Gasteiger charge is -2.13. The van der Waals surface area contributed by atoms with Gasteiger partial charge in [-0.2, -0.15) is 0 Å². The molecule has 0 spiro atoms. The van der Waals surface area contributed by atoms with Crippen molar-refractivity contribution in [1.82, 2.24) is 9.55 Å². The molecule has 3 rings (SSSR count). The molecule has 0 bridgehead atoms. The van der Waals surface area contributed by atoms with E-state index in [1.807, 2.05) is 13.0 Å². The Bertz CT molecular complexity index is 780. The molecular weight excluding hydrogens is 268 g/mol. The van der Waals surface area contributed by atoms with E-state index in [1.165, 1.54) is 16.9 Å². The van der Waals surface area contributed by atoms with Crippen LogP contribution in [-0.2, 0) is 0 Å². The molecule has 2 nitrogen and oxygen atoms in total. The molecule has 2 aromatic heterocycles. The Balaban J connectivity index is 2.09. The third-order valence-corrected chi connectivity index (χ3v) is 4.04. The number of hydrogen-bond donors (Lipinski definition) is 0. The first kappa shape index (κ1) is 14.6. The van der Waals surface area contributed by atoms with Crippen LogP contribution in [0.5, 0.6) is 0 Å². The van der Waals surface area contributed by atoms with Crippen molar-refractivity contribution in [2.24, 2.45) is 0 Å². The van der Waals surface area contributed by atoms with Crippen molar-refractivity contribution in [3.63, 3.8) is 0 Å². The molecule has 3 aromatic rings. The zero-order valence-electron chi connectivity index (χ0n) is 13.7. The number of rotatable bonds is 3. The van der Waals surface area contributed by atoms with E-state index in [9.17, 15) is 0 Å². The summed E-state index contributed by atoms with van der Waals surface area (Å²) in [5, 5.41) is 0. The van der Waals surface area contributed by atoms with E-state index in [4.69, 9.17) is 0 Å². The predicted molar refractivity (Wildman–Crippen MR) is 92.6 cm³/mol. The van der Waals surface area contributed by atoms with Gasteiger partial charge < -0.3 is 4.57 Å². The van der Waals surface area contributed by atoms with Gasteiger partial charge in [-0.05, 0) is 61.7 Å². The highest BCUT2D eigenvalue weighted by Gasteiger charge is 2.11. The van der Waals surface area contributed by atoms with Gasteiger partial charge in [0.15, 0.2) is 0 Å². The van der Waals surface area contributed by atoms with Crippen LogP contribution in [0.2, 0.25) is 0 Å². The molecule has 0 aliphatic carbocycles. The minimum atomic E-state index is 0.553. The fourth-order valence-corrected chi connectivity index (χ4v) is 2.78. The average Bonchev–Trinajstić information content (AvgIpc) is 2.89. The first-order valence-electron chi connectivity index (χ1n) is 7.79. The molecule has 0 unspecified atom stereocenters. The molecule has 2 heteroatoms. The lowest BCUT2D eigenvalue weighted by atomic mass is 10.0. The van der Waals surface area contributed by atoms with Crippen LogP contribution in [0.25, 0.3) is 17.1 Å². The van der Waals surface area contributed by atoms with Crippen LogP contribution in [-0.4, -0.2) is 9.55 Å². The van der Waals surface area contributed by atoms with Gasteiger partial charge in [-0.3, -0.25) is 4.98 Å². The van der Waals surface area contributed by atoms with E-state index in [0.29, 0.717) is 5.92 Å². The zero-order chi connectivity index (χ0) is 15.7. The first-order chi connectivity index (χ1) is 10.6. The molecule has 0 saturated heterocycles. The molecule has 0 radical (unpaired) electrons. The number of nitrogens with zero attached hydrogens (tertiary/aromatic N) is 2. The normalized spacial score (nSPS) is 11.1. The van der Waals surface area contributed by atoms with Crippen LogP contribution in [0.1, 0.15) is 36.7 Å². The van der Waals surface area contributed by atoms with Crippen molar-refractivity contribution in [3.05, 3.63) is 71.5 Å². The Kier molecular flexibility index (Phi) is 3.84. The molecule has 0 aliphatic rings. The van der Waals surface area contributed by atoms with Gasteiger partial charge in [-0.1, -0.05) is 32.0 Å². The molecule has 1 aromatic carbocycles. The van der Waals surface area contributed by atoms with Crippen LogP contribution in [0.4, 0.5) is 0 Å². The van der Waals surface area contributed by atoms with Gasteiger partial charge in [0.2, 0.25) is 0 Å². The second kappa shape index (κ2) is 5.80. The lowest BCUT2D eigenvalue weighted by Crippen LogP contribution is -2.01. The van der Waals surface area contributed by atoms with Crippen molar-refractivity contribution in [2.75, 3.05) is 0 Å². The Labute approximate surface area is 132 Å². The molecule has 2 heterocycles. The number of benzene rings is 1. The molecule has 0 fully saturated rings. The van der Waals surface area contributed by atoms with E-state index in [1.54, 1.807) is 0 Å². The minimum absolute atomic E-state index is 0.553. The van der Waals surface area contributed by atoms with Crippen molar-refractivity contribution in [2.45, 2.75) is 33.6 Å². The highest BCUT2D eigenvalue weighted by molar-refractivity contribution is 5.60. The molecule has 112 valence electrons. The Morgan fingerprint density at radius 1 is 0.864 bits per heavy atom. The van der Waals surface area contributed by atoms with Crippen LogP contribution in [0, 0.1) is 13.8 Å². The molecular formula is C20H22N2. The van der Waals surface area contributed by atoms with E-state index in [-0.39, 0.29) is 0 Å². The van der Waals surface area contributed by atoms with Gasteiger partial charge in [0.1, 0.15) is 0 Å². The maximum Gasteiger partial charge on any atom is 0.0873 e. The standard InChI is InChI=1S/C20H22N2/c1-14(2)17-9-11-18(12-10-17)22-16(4)8-13-20(22)19-7-5-6-15(3)21-19/h5-14H,1-4H3. The summed E-state index contributed by atoms with van der Waals surface area (Å²) in [6.45, 7) is 8.60. The second-order valence-corrected chi connectivity index (χ2v) is 6.11. The van der Waals surface area contributed by atoms with Crippen LogP contribution < -0.4 is 0 Å². The van der Waals surface area contributed by atoms with Crippen molar-refractivity contribution in [3.8, 4) is 17.1 Å². The fourth-order valence-electron chi connectivity index (χ4n) is 2.78. The van der Waals surface area contributed by atoms with Gasteiger partial charge in [-0.15, -0.1) is 0 Å². The number of pyridine rings is 1. The monoisotopic (exact) mass is 290 g/mol. The summed E-state index contributed by atoms with van der Waals surface area (Å²) in [7, 11) is 0. The van der Waals surface area contributed by atoms with Gasteiger partial charge in [-0.25, -0.2) is 0 Å². The van der Waals surface area contributed by atoms with Gasteiger partial charge in [0, 0.05) is 17.1 Å². The van der Waals surface area contributed by atoms with E-state index in [2.05, 4.69) is 78.9 Å². The number of hydrogen-bond acceptors (Lipinski definition) is 1. The SMILES string of the molecule is Cc1cccc(-c2ccc(C)n2-c2ccc(C(C)C)cc2)n1. The van der Waals surface area contributed by atoms with E-state index in [0.717, 1.165) is 17.1 Å². The molecule has 0 saturated carbocycles. The van der Waals surface area contributed by atoms with Crippen LogP contribution in [0.3, 0.4) is 0 Å². The molecule has 0 N–H and O–H groups in total. The Morgan fingerprint density at radius 2 is 1.59 bits per heavy atom. The summed E-state index contributed by atoms with van der Waals surface area (Å²) >= 11 is 0. The van der Waals surface area contributed by atoms with Crippen molar-refractivity contribution >= 4 is 0 Å².